The molecule has 0 bridgehead atoms. The fourth-order valence-corrected chi connectivity index (χ4v) is 1.36. The van der Waals surface area contributed by atoms with Crippen molar-refractivity contribution < 1.29 is 24.1 Å². The number of aliphatic hydroxyl groups is 1. The third kappa shape index (κ3) is 6.08. The SMILES string of the molecule is COc1ccccc1OCC(=O)NCCOCCO. The molecule has 0 heterocycles. The van der Waals surface area contributed by atoms with Crippen molar-refractivity contribution in [1.82, 2.24) is 5.32 Å². The van der Waals surface area contributed by atoms with Gasteiger partial charge in [0, 0.05) is 6.54 Å². The summed E-state index contributed by atoms with van der Waals surface area (Å²) in [5.74, 6) is 0.872. The van der Waals surface area contributed by atoms with Gasteiger partial charge in [0.05, 0.1) is 26.9 Å². The molecular weight excluding hydrogens is 250 g/mol. The van der Waals surface area contributed by atoms with Gasteiger partial charge in [-0.2, -0.15) is 0 Å². The van der Waals surface area contributed by atoms with Crippen LogP contribution in [0.3, 0.4) is 0 Å². The molecule has 6 nitrogen and oxygen atoms in total. The number of aliphatic hydroxyl groups excluding tert-OH is 1. The summed E-state index contributed by atoms with van der Waals surface area (Å²) in [6, 6.07) is 7.12. The number of nitrogens with one attached hydrogen (secondary N) is 1. The van der Waals surface area contributed by atoms with Crippen LogP contribution in [-0.4, -0.2) is 51.1 Å². The first-order valence-corrected chi connectivity index (χ1v) is 5.99. The first-order chi connectivity index (χ1) is 9.27. The van der Waals surface area contributed by atoms with Gasteiger partial charge in [0.15, 0.2) is 18.1 Å². The third-order valence-electron chi connectivity index (χ3n) is 2.23. The van der Waals surface area contributed by atoms with Crippen LogP contribution in [0, 0.1) is 0 Å². The summed E-state index contributed by atoms with van der Waals surface area (Å²) < 4.78 is 15.5. The Morgan fingerprint density at radius 2 is 2.00 bits per heavy atom. The van der Waals surface area contributed by atoms with Gasteiger partial charge in [-0.3, -0.25) is 4.79 Å². The van der Waals surface area contributed by atoms with Gasteiger partial charge in [-0.1, -0.05) is 12.1 Å². The molecule has 0 aromatic heterocycles. The van der Waals surface area contributed by atoms with Crippen LogP contribution in [0.2, 0.25) is 0 Å². The second-order valence-corrected chi connectivity index (χ2v) is 3.63. The molecule has 2 N–H and O–H groups in total. The molecule has 1 aromatic carbocycles. The molecular formula is C13H19NO5. The molecule has 1 rings (SSSR count). The van der Waals surface area contributed by atoms with Crippen LogP contribution < -0.4 is 14.8 Å². The Morgan fingerprint density at radius 3 is 2.68 bits per heavy atom. The molecule has 0 aliphatic rings. The standard InChI is InChI=1S/C13H19NO5/c1-17-11-4-2-3-5-12(11)19-10-13(16)14-6-8-18-9-7-15/h2-5,15H,6-10H2,1H3,(H,14,16). The molecule has 1 aromatic rings. The topological polar surface area (TPSA) is 77.0 Å². The van der Waals surface area contributed by atoms with Crippen LogP contribution in [0.1, 0.15) is 0 Å². The summed E-state index contributed by atoms with van der Waals surface area (Å²) in [5, 5.41) is 11.1. The minimum Gasteiger partial charge on any atom is -0.493 e. The van der Waals surface area contributed by atoms with E-state index in [9.17, 15) is 4.79 Å². The average Bonchev–Trinajstić information content (AvgIpc) is 2.45. The van der Waals surface area contributed by atoms with Crippen LogP contribution in [0.5, 0.6) is 11.5 Å². The monoisotopic (exact) mass is 269 g/mol. The van der Waals surface area contributed by atoms with E-state index < -0.39 is 0 Å². The van der Waals surface area contributed by atoms with Gasteiger partial charge in [-0.05, 0) is 12.1 Å². The maximum atomic E-state index is 11.5. The highest BCUT2D eigenvalue weighted by Crippen LogP contribution is 2.25. The summed E-state index contributed by atoms with van der Waals surface area (Å²) in [4.78, 5) is 11.5. The Labute approximate surface area is 112 Å². The van der Waals surface area contributed by atoms with Crippen molar-refractivity contribution >= 4 is 5.91 Å². The summed E-state index contributed by atoms with van der Waals surface area (Å²) in [7, 11) is 1.54. The largest absolute Gasteiger partial charge is 0.493 e. The van der Waals surface area contributed by atoms with Gasteiger partial charge in [-0.25, -0.2) is 0 Å². The van der Waals surface area contributed by atoms with E-state index in [2.05, 4.69) is 5.32 Å². The predicted molar refractivity (Wildman–Crippen MR) is 69.4 cm³/mol. The van der Waals surface area contributed by atoms with E-state index in [0.29, 0.717) is 24.7 Å². The van der Waals surface area contributed by atoms with Gasteiger partial charge in [0.1, 0.15) is 0 Å². The number of carbonyl (C=O) groups excluding carboxylic acids is 1. The molecule has 0 aliphatic carbocycles. The van der Waals surface area contributed by atoms with E-state index in [4.69, 9.17) is 19.3 Å². The van der Waals surface area contributed by atoms with Gasteiger partial charge in [0.25, 0.3) is 5.91 Å². The molecule has 0 spiro atoms. The van der Waals surface area contributed by atoms with E-state index in [1.807, 2.05) is 6.07 Å². The lowest BCUT2D eigenvalue weighted by Crippen LogP contribution is -2.31. The molecule has 0 saturated carbocycles. The van der Waals surface area contributed by atoms with Crippen LogP contribution in [-0.2, 0) is 9.53 Å². The fourth-order valence-electron chi connectivity index (χ4n) is 1.36. The minimum absolute atomic E-state index is 0.0230. The predicted octanol–water partition coefficient (Wildman–Crippen LogP) is 0.199. The van der Waals surface area contributed by atoms with Crippen molar-refractivity contribution in [3.8, 4) is 11.5 Å². The Balaban J connectivity index is 2.22. The minimum atomic E-state index is -0.237. The molecule has 0 radical (unpaired) electrons. The van der Waals surface area contributed by atoms with Gasteiger partial charge >= 0.3 is 0 Å². The Kier molecular flexibility index (Phi) is 7.38. The zero-order valence-electron chi connectivity index (χ0n) is 10.9. The van der Waals surface area contributed by atoms with Crippen molar-refractivity contribution in [3.63, 3.8) is 0 Å². The molecule has 19 heavy (non-hydrogen) atoms. The highest BCUT2D eigenvalue weighted by Gasteiger charge is 2.06. The summed E-state index contributed by atoms with van der Waals surface area (Å²) in [5.41, 5.74) is 0. The van der Waals surface area contributed by atoms with E-state index >= 15 is 0 Å². The van der Waals surface area contributed by atoms with Crippen molar-refractivity contribution in [2.24, 2.45) is 0 Å². The van der Waals surface area contributed by atoms with Crippen molar-refractivity contribution in [3.05, 3.63) is 24.3 Å². The summed E-state index contributed by atoms with van der Waals surface area (Å²) in [6.07, 6.45) is 0. The fraction of sp³-hybridized carbons (Fsp3) is 0.462. The third-order valence-corrected chi connectivity index (χ3v) is 2.23. The van der Waals surface area contributed by atoms with Gasteiger partial charge < -0.3 is 24.6 Å². The number of rotatable bonds is 9. The molecule has 0 saturated heterocycles. The molecule has 106 valence electrons. The number of ether oxygens (including phenoxy) is 3. The van der Waals surface area contributed by atoms with E-state index in [1.165, 1.54) is 0 Å². The van der Waals surface area contributed by atoms with Crippen molar-refractivity contribution in [2.75, 3.05) is 40.1 Å². The lowest BCUT2D eigenvalue weighted by molar-refractivity contribution is -0.123. The lowest BCUT2D eigenvalue weighted by atomic mass is 10.3. The number of hydrogen-bond acceptors (Lipinski definition) is 5. The molecule has 6 heteroatoms. The average molecular weight is 269 g/mol. The molecule has 0 aliphatic heterocycles. The second kappa shape index (κ2) is 9.18. The summed E-state index contributed by atoms with van der Waals surface area (Å²) in [6.45, 7) is 0.911. The number of benzene rings is 1. The highest BCUT2D eigenvalue weighted by molar-refractivity contribution is 5.77. The zero-order chi connectivity index (χ0) is 13.9. The number of amides is 1. The first-order valence-electron chi connectivity index (χ1n) is 5.99. The van der Waals surface area contributed by atoms with Crippen LogP contribution in [0.25, 0.3) is 0 Å². The quantitative estimate of drug-likeness (QED) is 0.626. The first kappa shape index (κ1) is 15.3. The smallest absolute Gasteiger partial charge is 0.258 e. The molecule has 0 fully saturated rings. The van der Waals surface area contributed by atoms with Gasteiger partial charge in [0.2, 0.25) is 0 Å². The van der Waals surface area contributed by atoms with Crippen molar-refractivity contribution in [2.45, 2.75) is 0 Å². The Morgan fingerprint density at radius 1 is 1.26 bits per heavy atom. The van der Waals surface area contributed by atoms with Crippen molar-refractivity contribution in [1.29, 1.82) is 0 Å². The van der Waals surface area contributed by atoms with E-state index in [-0.39, 0.29) is 25.7 Å². The number of methoxy groups -OCH3 is 1. The Hall–Kier alpha value is -1.79. The number of para-hydroxylation sites is 2. The summed E-state index contributed by atoms with van der Waals surface area (Å²) >= 11 is 0. The lowest BCUT2D eigenvalue weighted by Gasteiger charge is -2.10. The van der Waals surface area contributed by atoms with Crippen LogP contribution >= 0.6 is 0 Å². The molecule has 1 amide bonds. The molecule has 0 unspecified atom stereocenters. The van der Waals surface area contributed by atoms with E-state index in [1.54, 1.807) is 25.3 Å². The zero-order valence-corrected chi connectivity index (χ0v) is 10.9. The molecule has 0 atom stereocenters. The van der Waals surface area contributed by atoms with Crippen LogP contribution in [0.15, 0.2) is 24.3 Å². The maximum absolute atomic E-state index is 11.5. The highest BCUT2D eigenvalue weighted by atomic mass is 16.5. The van der Waals surface area contributed by atoms with Gasteiger partial charge in [-0.15, -0.1) is 0 Å². The number of carbonyl (C=O) groups is 1. The van der Waals surface area contributed by atoms with E-state index in [0.717, 1.165) is 0 Å². The maximum Gasteiger partial charge on any atom is 0.258 e. The number of hydrogen-bond donors (Lipinski definition) is 2. The Bertz CT molecular complexity index is 383. The second-order valence-electron chi connectivity index (χ2n) is 3.63. The normalized spacial score (nSPS) is 10.0. The van der Waals surface area contributed by atoms with Crippen LogP contribution in [0.4, 0.5) is 0 Å².